The van der Waals surface area contributed by atoms with Gasteiger partial charge >= 0.3 is 0 Å². The fraction of sp³-hybridized carbons (Fsp3) is 0.263. The van der Waals surface area contributed by atoms with Crippen molar-refractivity contribution in [2.45, 2.75) is 11.3 Å². The fourth-order valence-corrected chi connectivity index (χ4v) is 4.38. The molecule has 154 valence electrons. The molecule has 0 saturated carbocycles. The van der Waals surface area contributed by atoms with E-state index in [1.54, 1.807) is 18.2 Å². The normalized spacial score (nSPS) is 11.6. The van der Waals surface area contributed by atoms with Crippen LogP contribution in [0.5, 0.6) is 5.75 Å². The molecule has 0 aliphatic rings. The van der Waals surface area contributed by atoms with Gasteiger partial charge in [0.15, 0.2) is 0 Å². The highest BCUT2D eigenvalue weighted by Crippen LogP contribution is 2.19. The first-order chi connectivity index (χ1) is 13.9. The predicted octanol–water partition coefficient (Wildman–Crippen LogP) is 3.01. The van der Waals surface area contributed by atoms with Gasteiger partial charge in [-0.05, 0) is 42.0 Å². The molecule has 1 aromatic heterocycles. The summed E-state index contributed by atoms with van der Waals surface area (Å²) in [6.45, 7) is 0.633. The van der Waals surface area contributed by atoms with Crippen molar-refractivity contribution in [3.63, 3.8) is 0 Å². The van der Waals surface area contributed by atoms with E-state index in [1.807, 2.05) is 6.07 Å². The third-order valence-electron chi connectivity index (χ3n) is 4.19. The van der Waals surface area contributed by atoms with Gasteiger partial charge in [0.1, 0.15) is 17.4 Å². The van der Waals surface area contributed by atoms with Crippen LogP contribution < -0.4 is 10.1 Å². The summed E-state index contributed by atoms with van der Waals surface area (Å²) in [6.07, 6.45) is 0.432. The van der Waals surface area contributed by atoms with Crippen molar-refractivity contribution < 1.29 is 17.5 Å². The average Bonchev–Trinajstić information content (AvgIpc) is 3.15. The Hall–Kier alpha value is -2.56. The molecule has 10 heteroatoms. The smallest absolute Gasteiger partial charge is 0.242 e. The first-order valence-corrected chi connectivity index (χ1v) is 11.0. The highest BCUT2D eigenvalue weighted by Gasteiger charge is 2.20. The highest BCUT2D eigenvalue weighted by molar-refractivity contribution is 7.89. The van der Waals surface area contributed by atoms with Gasteiger partial charge in [0.05, 0.1) is 12.0 Å². The van der Waals surface area contributed by atoms with E-state index >= 15 is 0 Å². The number of aromatic nitrogens is 2. The Balaban J connectivity index is 1.53. The molecule has 7 nitrogen and oxygen atoms in total. The Kier molecular flexibility index (Phi) is 6.78. The standard InChI is InChI=1S/C19H21FN4O3S2/c1-24(29(25,26)17-8-6-16(27-2)7-9-17)11-10-21-19-22-18(23-28-19)13-14-4-3-5-15(20)12-14/h3-9,12H,10-11,13H2,1-2H3,(H,21,22,23). The monoisotopic (exact) mass is 436 g/mol. The molecule has 1 heterocycles. The molecule has 0 bridgehead atoms. The number of benzene rings is 2. The summed E-state index contributed by atoms with van der Waals surface area (Å²) >= 11 is 1.18. The second-order valence-electron chi connectivity index (χ2n) is 6.25. The van der Waals surface area contributed by atoms with Gasteiger partial charge in [0.2, 0.25) is 15.2 Å². The second-order valence-corrected chi connectivity index (χ2v) is 9.05. The van der Waals surface area contributed by atoms with E-state index in [2.05, 4.69) is 14.7 Å². The Morgan fingerprint density at radius 3 is 2.66 bits per heavy atom. The molecular weight excluding hydrogens is 415 g/mol. The highest BCUT2D eigenvalue weighted by atomic mass is 32.2. The molecule has 0 radical (unpaired) electrons. The number of likely N-dealkylation sites (N-methyl/N-ethyl adjacent to an activating group) is 1. The molecular formula is C19H21FN4O3S2. The van der Waals surface area contributed by atoms with Crippen LogP contribution in [-0.4, -0.2) is 49.3 Å². The number of rotatable bonds is 9. The third-order valence-corrected chi connectivity index (χ3v) is 6.77. The molecule has 3 aromatic rings. The van der Waals surface area contributed by atoms with Crippen molar-refractivity contribution in [1.82, 2.24) is 13.7 Å². The number of methoxy groups -OCH3 is 1. The summed E-state index contributed by atoms with van der Waals surface area (Å²) in [4.78, 5) is 4.57. The summed E-state index contributed by atoms with van der Waals surface area (Å²) in [5.74, 6) is 0.887. The molecule has 0 aliphatic heterocycles. The minimum absolute atomic E-state index is 0.203. The Morgan fingerprint density at radius 2 is 1.97 bits per heavy atom. The van der Waals surface area contributed by atoms with Crippen molar-refractivity contribution in [2.24, 2.45) is 0 Å². The van der Waals surface area contributed by atoms with Crippen molar-refractivity contribution in [3.05, 3.63) is 65.7 Å². The van der Waals surface area contributed by atoms with Crippen LogP contribution in [-0.2, 0) is 16.4 Å². The maximum atomic E-state index is 13.3. The first-order valence-electron chi connectivity index (χ1n) is 8.80. The van der Waals surface area contributed by atoms with E-state index in [0.717, 1.165) is 5.56 Å². The summed E-state index contributed by atoms with van der Waals surface area (Å²) in [7, 11) is -0.538. The zero-order chi connectivity index (χ0) is 20.9. The predicted molar refractivity (Wildman–Crippen MR) is 110 cm³/mol. The van der Waals surface area contributed by atoms with Crippen molar-refractivity contribution in [3.8, 4) is 5.75 Å². The first kappa shape index (κ1) is 21.2. The van der Waals surface area contributed by atoms with Gasteiger partial charge in [-0.1, -0.05) is 12.1 Å². The van der Waals surface area contributed by atoms with E-state index in [0.29, 0.717) is 29.7 Å². The summed E-state index contributed by atoms with van der Waals surface area (Å²) in [5, 5.41) is 3.67. The number of nitrogens with one attached hydrogen (secondary N) is 1. The Bertz CT molecular complexity index is 1060. The molecule has 0 unspecified atom stereocenters. The summed E-state index contributed by atoms with van der Waals surface area (Å²) in [5.41, 5.74) is 0.791. The van der Waals surface area contributed by atoms with Gasteiger partial charge in [-0.2, -0.15) is 8.68 Å². The molecule has 0 amide bonds. The molecule has 0 saturated heterocycles. The van der Waals surface area contributed by atoms with Crippen molar-refractivity contribution in [1.29, 1.82) is 0 Å². The van der Waals surface area contributed by atoms with Crippen LogP contribution >= 0.6 is 11.5 Å². The van der Waals surface area contributed by atoms with Crippen LogP contribution in [0.2, 0.25) is 0 Å². The van der Waals surface area contributed by atoms with Gasteiger partial charge in [-0.25, -0.2) is 17.8 Å². The van der Waals surface area contributed by atoms with E-state index < -0.39 is 10.0 Å². The largest absolute Gasteiger partial charge is 0.497 e. The van der Waals surface area contributed by atoms with Crippen LogP contribution in [0.15, 0.2) is 53.4 Å². The molecule has 0 fully saturated rings. The SMILES string of the molecule is COc1ccc(S(=O)(=O)N(C)CCNc2nc(Cc3cccc(F)c3)ns2)cc1. The van der Waals surface area contributed by atoms with Gasteiger partial charge in [-0.3, -0.25) is 0 Å². The van der Waals surface area contributed by atoms with E-state index in [-0.39, 0.29) is 17.3 Å². The van der Waals surface area contributed by atoms with Crippen LogP contribution in [0.3, 0.4) is 0 Å². The van der Waals surface area contributed by atoms with Crippen LogP contribution in [0.4, 0.5) is 9.52 Å². The number of anilines is 1. The van der Waals surface area contributed by atoms with Gasteiger partial charge < -0.3 is 10.1 Å². The molecule has 3 rings (SSSR count). The lowest BCUT2D eigenvalue weighted by Gasteiger charge is -2.17. The summed E-state index contributed by atoms with van der Waals surface area (Å²) in [6, 6.07) is 12.6. The number of sulfonamides is 1. The third kappa shape index (κ3) is 5.49. The number of hydrogen-bond acceptors (Lipinski definition) is 7. The molecule has 0 spiro atoms. The van der Waals surface area contributed by atoms with Crippen molar-refractivity contribution in [2.75, 3.05) is 32.6 Å². The van der Waals surface area contributed by atoms with E-state index in [4.69, 9.17) is 4.74 Å². The molecule has 29 heavy (non-hydrogen) atoms. The Morgan fingerprint density at radius 1 is 1.21 bits per heavy atom. The lowest BCUT2D eigenvalue weighted by atomic mass is 10.1. The zero-order valence-electron chi connectivity index (χ0n) is 16.0. The maximum Gasteiger partial charge on any atom is 0.242 e. The Labute approximate surface area is 173 Å². The van der Waals surface area contributed by atoms with E-state index in [1.165, 1.54) is 54.3 Å². The van der Waals surface area contributed by atoms with Gasteiger partial charge in [-0.15, -0.1) is 0 Å². The minimum atomic E-state index is -3.59. The fourth-order valence-electron chi connectivity index (χ4n) is 2.60. The van der Waals surface area contributed by atoms with Crippen LogP contribution in [0, 0.1) is 5.82 Å². The van der Waals surface area contributed by atoms with Crippen LogP contribution in [0.25, 0.3) is 0 Å². The number of halogens is 1. The number of hydrogen-bond donors (Lipinski definition) is 1. The average molecular weight is 437 g/mol. The minimum Gasteiger partial charge on any atom is -0.497 e. The topological polar surface area (TPSA) is 84.4 Å². The van der Waals surface area contributed by atoms with Gasteiger partial charge in [0.25, 0.3) is 0 Å². The lowest BCUT2D eigenvalue weighted by molar-refractivity contribution is 0.414. The molecule has 0 aliphatic carbocycles. The number of nitrogens with zero attached hydrogens (tertiary/aromatic N) is 3. The molecule has 1 N–H and O–H groups in total. The van der Waals surface area contributed by atoms with Crippen LogP contribution in [0.1, 0.15) is 11.4 Å². The molecule has 0 atom stereocenters. The quantitative estimate of drug-likeness (QED) is 0.555. The maximum absolute atomic E-state index is 13.3. The van der Waals surface area contributed by atoms with Gasteiger partial charge in [0, 0.05) is 38.1 Å². The number of ether oxygens (including phenoxy) is 1. The zero-order valence-corrected chi connectivity index (χ0v) is 17.6. The second kappa shape index (κ2) is 9.29. The lowest BCUT2D eigenvalue weighted by Crippen LogP contribution is -2.31. The summed E-state index contributed by atoms with van der Waals surface area (Å²) < 4.78 is 49.1. The molecule has 2 aromatic carbocycles. The van der Waals surface area contributed by atoms with Crippen molar-refractivity contribution >= 4 is 26.7 Å². The van der Waals surface area contributed by atoms with E-state index in [9.17, 15) is 12.8 Å².